The molecule has 0 bridgehead atoms. The number of rotatable bonds is 8. The molecule has 1 aliphatic rings. The molecule has 0 saturated heterocycles. The van der Waals surface area contributed by atoms with Crippen LogP contribution in [0.15, 0.2) is 48.5 Å². The van der Waals surface area contributed by atoms with E-state index >= 15 is 0 Å². The van der Waals surface area contributed by atoms with Crippen molar-refractivity contribution in [1.29, 1.82) is 0 Å². The predicted octanol–water partition coefficient (Wildman–Crippen LogP) is 3.02. The summed E-state index contributed by atoms with van der Waals surface area (Å²) in [7, 11) is -1.19. The maximum Gasteiger partial charge on any atom is 0.107 e. The minimum atomic E-state index is -1.19. The lowest BCUT2D eigenvalue weighted by Crippen LogP contribution is -3.00. The Morgan fingerprint density at radius 1 is 0.625 bits per heavy atom. The average Bonchev–Trinajstić information content (AvgIpc) is 2.87. The molecule has 3 rings (SSSR count). The second-order valence-corrected chi connectivity index (χ2v) is 10.7. The smallest absolute Gasteiger partial charge is 0.107 e. The van der Waals surface area contributed by atoms with Crippen LogP contribution in [0, 0.1) is 0 Å². The molecule has 2 aromatic rings. The molecule has 0 unspecified atom stereocenters. The van der Waals surface area contributed by atoms with E-state index in [1.165, 1.54) is 62.0 Å². The summed E-state index contributed by atoms with van der Waals surface area (Å²) in [6, 6.07) is 18.6. The van der Waals surface area contributed by atoms with Crippen molar-refractivity contribution >= 4 is 17.9 Å². The summed E-state index contributed by atoms with van der Waals surface area (Å²) in [5.41, 5.74) is 3.06. The summed E-state index contributed by atoms with van der Waals surface area (Å²) in [6.45, 7) is 4.64. The molecule has 2 heteroatoms. The zero-order valence-corrected chi connectivity index (χ0v) is 17.6. The van der Waals surface area contributed by atoms with Crippen molar-refractivity contribution in [1.82, 2.24) is 0 Å². The lowest BCUT2D eigenvalue weighted by atomic mass is 10.1. The Bertz CT molecular complexity index is 592. The van der Waals surface area contributed by atoms with Gasteiger partial charge in [-0.25, -0.2) is 0 Å². The molecule has 0 fully saturated rings. The third kappa shape index (κ3) is 3.63. The highest BCUT2D eigenvalue weighted by Gasteiger charge is 2.49. The van der Waals surface area contributed by atoms with E-state index in [-0.39, 0.29) is 17.0 Å². The highest BCUT2D eigenvalue weighted by Crippen LogP contribution is 2.64. The molecule has 0 amide bonds. The second kappa shape index (κ2) is 9.16. The number of hydrogen-bond donors (Lipinski definition) is 0. The van der Waals surface area contributed by atoms with Crippen molar-refractivity contribution in [3.05, 3.63) is 48.5 Å². The van der Waals surface area contributed by atoms with Crippen LogP contribution in [-0.4, -0.2) is 12.3 Å². The van der Waals surface area contributed by atoms with Crippen LogP contribution in [0.5, 0.6) is 0 Å². The van der Waals surface area contributed by atoms with Crippen molar-refractivity contribution in [2.45, 2.75) is 52.4 Å². The maximum absolute atomic E-state index is 2.45. The highest BCUT2D eigenvalue weighted by molar-refractivity contribution is 7.90. The average molecular weight is 405 g/mol. The monoisotopic (exact) mass is 404 g/mol. The Labute approximate surface area is 159 Å². The molecule has 0 spiro atoms. The van der Waals surface area contributed by atoms with E-state index in [2.05, 4.69) is 62.4 Å². The third-order valence-corrected chi connectivity index (χ3v) is 10.1. The van der Waals surface area contributed by atoms with Crippen molar-refractivity contribution in [2.75, 3.05) is 12.3 Å². The Morgan fingerprint density at radius 2 is 1.04 bits per heavy atom. The molecule has 0 saturated carbocycles. The van der Waals surface area contributed by atoms with Gasteiger partial charge in [-0.15, -0.1) is 0 Å². The summed E-state index contributed by atoms with van der Waals surface area (Å²) in [4.78, 5) is 0. The molecular weight excluding hydrogens is 375 g/mol. The van der Waals surface area contributed by atoms with Gasteiger partial charge in [-0.2, -0.15) is 0 Å². The van der Waals surface area contributed by atoms with Gasteiger partial charge in [-0.05, 0) is 25.0 Å². The van der Waals surface area contributed by atoms with Gasteiger partial charge in [0.1, 0.15) is 10.6 Å². The normalized spacial score (nSPS) is 13.9. The number of benzene rings is 2. The first kappa shape index (κ1) is 19.7. The molecule has 0 radical (unpaired) electrons. The molecule has 0 atom stereocenters. The highest BCUT2D eigenvalue weighted by atomic mass is 79.9. The minimum Gasteiger partial charge on any atom is -1.00 e. The Hall–Kier alpha value is -0.650. The Balaban J connectivity index is 0.00000208. The fraction of sp³-hybridized carbons (Fsp3) is 0.455. The number of halogens is 1. The van der Waals surface area contributed by atoms with Crippen LogP contribution in [0.1, 0.15) is 52.4 Å². The van der Waals surface area contributed by atoms with Crippen LogP contribution in [0.25, 0.3) is 11.1 Å². The lowest BCUT2D eigenvalue weighted by molar-refractivity contribution is -0.00000472. The van der Waals surface area contributed by atoms with Gasteiger partial charge in [0.05, 0.1) is 19.6 Å². The standard InChI is InChI=1S/C22H30P.BrH/c1-3-5-11-17-23(18-12-6-4-2)21-15-9-7-13-19(21)20-14-8-10-16-22(20)23;/h7-10,13-16H,3-6,11-12,17-18H2,1-2H3;1H/q+1;/p-1. The van der Waals surface area contributed by atoms with E-state index in [1.807, 2.05) is 0 Å². The minimum absolute atomic E-state index is 0. The van der Waals surface area contributed by atoms with Crippen LogP contribution < -0.4 is 27.6 Å². The zero-order valence-electron chi connectivity index (χ0n) is 15.1. The van der Waals surface area contributed by atoms with Crippen molar-refractivity contribution in [2.24, 2.45) is 0 Å². The molecule has 24 heavy (non-hydrogen) atoms. The summed E-state index contributed by atoms with van der Waals surface area (Å²) in [5.74, 6) is 0. The van der Waals surface area contributed by atoms with Crippen molar-refractivity contribution in [3.8, 4) is 11.1 Å². The molecule has 0 aliphatic carbocycles. The first-order valence-corrected chi connectivity index (χ1v) is 11.6. The van der Waals surface area contributed by atoms with E-state index in [1.54, 1.807) is 10.6 Å². The van der Waals surface area contributed by atoms with Crippen LogP contribution in [-0.2, 0) is 0 Å². The van der Waals surface area contributed by atoms with E-state index in [9.17, 15) is 0 Å². The summed E-state index contributed by atoms with van der Waals surface area (Å²) in [5, 5.41) is 3.40. The van der Waals surface area contributed by atoms with E-state index in [4.69, 9.17) is 0 Å². The molecule has 1 heterocycles. The maximum atomic E-state index is 2.45. The van der Waals surface area contributed by atoms with Crippen LogP contribution >= 0.6 is 7.26 Å². The molecular formula is C22H30BrP. The van der Waals surface area contributed by atoms with Crippen LogP contribution in [0.2, 0.25) is 0 Å². The van der Waals surface area contributed by atoms with Gasteiger partial charge in [-0.3, -0.25) is 0 Å². The Kier molecular flexibility index (Phi) is 7.51. The number of unbranched alkanes of at least 4 members (excludes halogenated alkanes) is 4. The molecule has 1 aliphatic heterocycles. The number of fused-ring (bicyclic) bond motifs is 3. The SMILES string of the molecule is CCCCC[P+]1(CCCCC)c2ccccc2-c2ccccc21.[Br-]. The zero-order chi connectivity index (χ0) is 16.1. The molecule has 0 aromatic heterocycles. The molecule has 130 valence electrons. The summed E-state index contributed by atoms with van der Waals surface area (Å²) in [6.07, 6.45) is 11.0. The predicted molar refractivity (Wildman–Crippen MR) is 107 cm³/mol. The summed E-state index contributed by atoms with van der Waals surface area (Å²) < 4.78 is 0. The lowest BCUT2D eigenvalue weighted by Gasteiger charge is -2.24. The van der Waals surface area contributed by atoms with Gasteiger partial charge in [0.25, 0.3) is 0 Å². The number of hydrogen-bond acceptors (Lipinski definition) is 0. The van der Waals surface area contributed by atoms with E-state index in [0.29, 0.717) is 0 Å². The van der Waals surface area contributed by atoms with E-state index < -0.39 is 7.26 Å². The first-order valence-electron chi connectivity index (χ1n) is 9.40. The van der Waals surface area contributed by atoms with Gasteiger partial charge in [0.2, 0.25) is 0 Å². The van der Waals surface area contributed by atoms with Crippen LogP contribution in [0.3, 0.4) is 0 Å². The van der Waals surface area contributed by atoms with Gasteiger partial charge < -0.3 is 17.0 Å². The largest absolute Gasteiger partial charge is 1.00 e. The van der Waals surface area contributed by atoms with Gasteiger partial charge in [0.15, 0.2) is 0 Å². The first-order chi connectivity index (χ1) is 11.3. The van der Waals surface area contributed by atoms with Crippen molar-refractivity contribution < 1.29 is 17.0 Å². The molecule has 0 N–H and O–H groups in total. The third-order valence-electron chi connectivity index (χ3n) is 5.31. The molecule has 0 nitrogen and oxygen atoms in total. The van der Waals surface area contributed by atoms with Crippen LogP contribution in [0.4, 0.5) is 0 Å². The van der Waals surface area contributed by atoms with Crippen molar-refractivity contribution in [3.63, 3.8) is 0 Å². The van der Waals surface area contributed by atoms with Gasteiger partial charge >= 0.3 is 0 Å². The topological polar surface area (TPSA) is 0 Å². The fourth-order valence-electron chi connectivity index (χ4n) is 4.14. The Morgan fingerprint density at radius 3 is 1.46 bits per heavy atom. The second-order valence-electron chi connectivity index (χ2n) is 6.86. The molecule has 2 aromatic carbocycles. The fourth-order valence-corrected chi connectivity index (χ4v) is 9.16. The summed E-state index contributed by atoms with van der Waals surface area (Å²) >= 11 is 0. The van der Waals surface area contributed by atoms with Gasteiger partial charge in [-0.1, -0.05) is 75.9 Å². The van der Waals surface area contributed by atoms with E-state index in [0.717, 1.165) is 0 Å². The quantitative estimate of drug-likeness (QED) is 0.468. The van der Waals surface area contributed by atoms with Gasteiger partial charge in [0, 0.05) is 11.1 Å².